The number of ether oxygens (including phenoxy) is 1. The van der Waals surface area contributed by atoms with E-state index in [9.17, 15) is 4.79 Å². The van der Waals surface area contributed by atoms with E-state index < -0.39 is 0 Å². The minimum absolute atomic E-state index is 0.0137. The van der Waals surface area contributed by atoms with Crippen LogP contribution < -0.4 is 10.4 Å². The standard InChI is InChI=1S/C14H20BNO3/c1-10-8-13(9-11(2)14(10)15)16(12(3)18)4-6-19-7-5-17/h8-9,17H,4-7H2,1-3H3. The molecule has 1 aromatic rings. The third-order valence-corrected chi connectivity index (χ3v) is 2.97. The zero-order valence-corrected chi connectivity index (χ0v) is 11.8. The molecular formula is C14H20BNO3. The number of nitrogens with zero attached hydrogens (tertiary/aromatic N) is 1. The maximum absolute atomic E-state index is 11.7. The van der Waals surface area contributed by atoms with Crippen LogP contribution in [0.15, 0.2) is 12.1 Å². The summed E-state index contributed by atoms with van der Waals surface area (Å²) in [6.45, 7) is 6.48. The van der Waals surface area contributed by atoms with Crippen molar-refractivity contribution in [2.45, 2.75) is 20.8 Å². The van der Waals surface area contributed by atoms with Crippen molar-refractivity contribution in [3.05, 3.63) is 23.3 Å². The molecule has 0 atom stereocenters. The van der Waals surface area contributed by atoms with Gasteiger partial charge in [0, 0.05) is 19.2 Å². The molecular weight excluding hydrogens is 241 g/mol. The van der Waals surface area contributed by atoms with E-state index in [0.29, 0.717) is 13.2 Å². The Hall–Kier alpha value is -1.33. The Kier molecular flexibility index (Phi) is 6.05. The summed E-state index contributed by atoms with van der Waals surface area (Å²) in [7, 11) is 5.91. The van der Waals surface area contributed by atoms with Crippen LogP contribution in [0.1, 0.15) is 18.1 Å². The van der Waals surface area contributed by atoms with Crippen LogP contribution in [0.25, 0.3) is 0 Å². The van der Waals surface area contributed by atoms with E-state index in [2.05, 4.69) is 0 Å². The highest BCUT2D eigenvalue weighted by Gasteiger charge is 2.13. The summed E-state index contributed by atoms with van der Waals surface area (Å²) in [5.74, 6) is -0.0452. The van der Waals surface area contributed by atoms with E-state index in [4.69, 9.17) is 17.7 Å². The first kappa shape index (κ1) is 15.7. The summed E-state index contributed by atoms with van der Waals surface area (Å²) in [4.78, 5) is 13.4. The van der Waals surface area contributed by atoms with E-state index in [1.165, 1.54) is 6.92 Å². The lowest BCUT2D eigenvalue weighted by molar-refractivity contribution is -0.116. The molecule has 102 valence electrons. The maximum Gasteiger partial charge on any atom is 0.223 e. The molecule has 5 heteroatoms. The fourth-order valence-corrected chi connectivity index (χ4v) is 1.90. The van der Waals surface area contributed by atoms with Crippen molar-refractivity contribution in [3.63, 3.8) is 0 Å². The van der Waals surface area contributed by atoms with Crippen molar-refractivity contribution >= 4 is 24.9 Å². The lowest BCUT2D eigenvalue weighted by atomic mass is 9.86. The summed E-state index contributed by atoms with van der Waals surface area (Å²) < 4.78 is 5.20. The summed E-state index contributed by atoms with van der Waals surface area (Å²) in [5.41, 5.74) is 3.49. The second-order valence-corrected chi connectivity index (χ2v) is 4.50. The van der Waals surface area contributed by atoms with Gasteiger partial charge in [-0.2, -0.15) is 0 Å². The number of aryl methyl sites for hydroxylation is 2. The SMILES string of the molecule is [B]c1c(C)cc(N(CCOCCO)C(C)=O)cc1C. The highest BCUT2D eigenvalue weighted by atomic mass is 16.5. The third kappa shape index (κ3) is 4.37. The fourth-order valence-electron chi connectivity index (χ4n) is 1.90. The molecule has 0 saturated carbocycles. The third-order valence-electron chi connectivity index (χ3n) is 2.97. The van der Waals surface area contributed by atoms with Gasteiger partial charge in [-0.05, 0) is 26.0 Å². The zero-order chi connectivity index (χ0) is 14.4. The molecule has 0 aliphatic heterocycles. The summed E-state index contributed by atoms with van der Waals surface area (Å²) in [6, 6.07) is 3.80. The lowest BCUT2D eigenvalue weighted by Gasteiger charge is -2.23. The van der Waals surface area contributed by atoms with Gasteiger partial charge < -0.3 is 14.7 Å². The minimum atomic E-state index is -0.0452. The molecule has 2 radical (unpaired) electrons. The molecule has 0 bridgehead atoms. The van der Waals surface area contributed by atoms with Crippen LogP contribution >= 0.6 is 0 Å². The summed E-state index contributed by atoms with van der Waals surface area (Å²) in [6.07, 6.45) is 0. The fraction of sp³-hybridized carbons (Fsp3) is 0.500. The molecule has 0 aliphatic rings. The summed E-state index contributed by atoms with van der Waals surface area (Å²) in [5, 5.41) is 8.64. The molecule has 0 spiro atoms. The highest BCUT2D eigenvalue weighted by Crippen LogP contribution is 2.17. The number of carbonyl (C=O) groups excluding carboxylic acids is 1. The zero-order valence-electron chi connectivity index (χ0n) is 11.8. The van der Waals surface area contributed by atoms with E-state index in [-0.39, 0.29) is 19.1 Å². The van der Waals surface area contributed by atoms with Crippen molar-refractivity contribution in [1.82, 2.24) is 0 Å². The number of aliphatic hydroxyl groups excluding tert-OH is 1. The minimum Gasteiger partial charge on any atom is -0.394 e. The normalized spacial score (nSPS) is 10.5. The first-order valence-corrected chi connectivity index (χ1v) is 6.30. The van der Waals surface area contributed by atoms with Crippen LogP contribution in [0.4, 0.5) is 5.69 Å². The van der Waals surface area contributed by atoms with Gasteiger partial charge >= 0.3 is 0 Å². The Bertz CT molecular complexity index is 425. The molecule has 1 aromatic carbocycles. The van der Waals surface area contributed by atoms with Crippen molar-refractivity contribution in [3.8, 4) is 0 Å². The molecule has 0 fully saturated rings. The molecule has 19 heavy (non-hydrogen) atoms. The molecule has 0 aliphatic carbocycles. The van der Waals surface area contributed by atoms with Crippen molar-refractivity contribution in [2.75, 3.05) is 31.3 Å². The van der Waals surface area contributed by atoms with Gasteiger partial charge in [0.15, 0.2) is 0 Å². The predicted octanol–water partition coefficient (Wildman–Crippen LogP) is 0.459. The Labute approximate surface area is 115 Å². The van der Waals surface area contributed by atoms with E-state index >= 15 is 0 Å². The Morgan fingerprint density at radius 2 is 1.89 bits per heavy atom. The molecule has 1 amide bonds. The second kappa shape index (κ2) is 7.31. The second-order valence-electron chi connectivity index (χ2n) is 4.50. The number of rotatable bonds is 6. The van der Waals surface area contributed by atoms with E-state index in [1.54, 1.807) is 4.90 Å². The van der Waals surface area contributed by atoms with Gasteiger partial charge in [0.25, 0.3) is 0 Å². The molecule has 0 unspecified atom stereocenters. The largest absolute Gasteiger partial charge is 0.394 e. The Balaban J connectivity index is 2.84. The smallest absolute Gasteiger partial charge is 0.223 e. The van der Waals surface area contributed by atoms with Gasteiger partial charge in [-0.3, -0.25) is 4.79 Å². The van der Waals surface area contributed by atoms with Gasteiger partial charge in [-0.1, -0.05) is 16.6 Å². The average molecular weight is 261 g/mol. The number of hydrogen-bond acceptors (Lipinski definition) is 3. The molecule has 0 saturated heterocycles. The topological polar surface area (TPSA) is 49.8 Å². The number of anilines is 1. The Morgan fingerprint density at radius 1 is 1.32 bits per heavy atom. The molecule has 0 heterocycles. The van der Waals surface area contributed by atoms with Gasteiger partial charge in [0.2, 0.25) is 5.91 Å². The van der Waals surface area contributed by atoms with Crippen LogP contribution in [0, 0.1) is 13.8 Å². The number of benzene rings is 1. The van der Waals surface area contributed by atoms with E-state index in [1.807, 2.05) is 26.0 Å². The number of hydrogen-bond donors (Lipinski definition) is 1. The van der Waals surface area contributed by atoms with Crippen molar-refractivity contribution in [1.29, 1.82) is 0 Å². The summed E-state index contributed by atoms with van der Waals surface area (Å²) >= 11 is 0. The van der Waals surface area contributed by atoms with Crippen LogP contribution in [0.2, 0.25) is 0 Å². The lowest BCUT2D eigenvalue weighted by Crippen LogP contribution is -2.33. The number of amides is 1. The van der Waals surface area contributed by atoms with Gasteiger partial charge in [0.1, 0.15) is 7.85 Å². The molecule has 0 aromatic heterocycles. The van der Waals surface area contributed by atoms with Crippen molar-refractivity contribution in [2.24, 2.45) is 0 Å². The first-order chi connectivity index (χ1) is 8.97. The first-order valence-electron chi connectivity index (χ1n) is 6.30. The van der Waals surface area contributed by atoms with E-state index in [0.717, 1.165) is 22.3 Å². The van der Waals surface area contributed by atoms with Crippen molar-refractivity contribution < 1.29 is 14.6 Å². The van der Waals surface area contributed by atoms with Crippen LogP contribution in [0.5, 0.6) is 0 Å². The Morgan fingerprint density at radius 3 is 2.37 bits per heavy atom. The number of carbonyl (C=O) groups is 1. The highest BCUT2D eigenvalue weighted by molar-refractivity contribution is 6.34. The average Bonchev–Trinajstić information content (AvgIpc) is 2.35. The molecule has 4 nitrogen and oxygen atoms in total. The predicted molar refractivity (Wildman–Crippen MR) is 77.2 cm³/mol. The maximum atomic E-state index is 11.7. The molecule has 1 rings (SSSR count). The quantitative estimate of drug-likeness (QED) is 0.598. The van der Waals surface area contributed by atoms with Crippen LogP contribution in [0.3, 0.4) is 0 Å². The van der Waals surface area contributed by atoms with Crippen LogP contribution in [-0.4, -0.2) is 45.2 Å². The van der Waals surface area contributed by atoms with Gasteiger partial charge in [-0.15, -0.1) is 0 Å². The molecule has 1 N–H and O–H groups in total. The monoisotopic (exact) mass is 261 g/mol. The van der Waals surface area contributed by atoms with Gasteiger partial charge in [0.05, 0.1) is 19.8 Å². The van der Waals surface area contributed by atoms with Gasteiger partial charge in [-0.25, -0.2) is 0 Å². The number of aliphatic hydroxyl groups is 1. The van der Waals surface area contributed by atoms with Crippen LogP contribution in [-0.2, 0) is 9.53 Å².